The van der Waals surface area contributed by atoms with Crippen LogP contribution in [-0.2, 0) is 23.9 Å². The molecule has 114 valence electrons. The van der Waals surface area contributed by atoms with Gasteiger partial charge >= 0.3 is 17.9 Å². The molecule has 0 amide bonds. The van der Waals surface area contributed by atoms with Crippen LogP contribution in [-0.4, -0.2) is 36.2 Å². The summed E-state index contributed by atoms with van der Waals surface area (Å²) in [7, 11) is 0. The molecule has 0 aromatic rings. The number of hydrogen-bond donors (Lipinski definition) is 1. The molecule has 0 saturated carbocycles. The van der Waals surface area contributed by atoms with E-state index in [9.17, 15) is 14.4 Å². The molecule has 0 heterocycles. The van der Waals surface area contributed by atoms with Crippen LogP contribution in [0.25, 0.3) is 0 Å². The SMILES string of the molecule is C=C(C)C(=O)OCCCC.CCOC(=O)/C=C\C(=O)O. The molecule has 0 atom stereocenters. The van der Waals surface area contributed by atoms with Gasteiger partial charge in [-0.2, -0.15) is 0 Å². The first-order valence-corrected chi connectivity index (χ1v) is 6.25. The summed E-state index contributed by atoms with van der Waals surface area (Å²) in [5.74, 6) is -2.08. The van der Waals surface area contributed by atoms with Crippen LogP contribution in [0.2, 0.25) is 0 Å². The van der Waals surface area contributed by atoms with Crippen molar-refractivity contribution in [2.45, 2.75) is 33.6 Å². The zero-order valence-corrected chi connectivity index (χ0v) is 12.2. The minimum absolute atomic E-state index is 0.253. The van der Waals surface area contributed by atoms with Crippen LogP contribution in [0.3, 0.4) is 0 Å². The Morgan fingerprint density at radius 1 is 1.15 bits per heavy atom. The number of carboxylic acids is 1. The lowest BCUT2D eigenvalue weighted by Crippen LogP contribution is -2.05. The molecular weight excluding hydrogens is 264 g/mol. The van der Waals surface area contributed by atoms with E-state index >= 15 is 0 Å². The average Bonchev–Trinajstić information content (AvgIpc) is 2.37. The summed E-state index contributed by atoms with van der Waals surface area (Å²) >= 11 is 0. The van der Waals surface area contributed by atoms with Gasteiger partial charge in [0, 0.05) is 17.7 Å². The average molecular weight is 286 g/mol. The summed E-state index contributed by atoms with van der Waals surface area (Å²) in [6.45, 7) is 9.57. The van der Waals surface area contributed by atoms with Crippen molar-refractivity contribution in [3.63, 3.8) is 0 Å². The Kier molecular flexibility index (Phi) is 13.5. The van der Waals surface area contributed by atoms with Crippen LogP contribution in [0.4, 0.5) is 0 Å². The van der Waals surface area contributed by atoms with E-state index in [0.717, 1.165) is 25.0 Å². The number of unbranched alkanes of at least 4 members (excludes halogenated alkanes) is 1. The summed E-state index contributed by atoms with van der Waals surface area (Å²) < 4.78 is 9.21. The van der Waals surface area contributed by atoms with Gasteiger partial charge in [-0.1, -0.05) is 19.9 Å². The van der Waals surface area contributed by atoms with Gasteiger partial charge in [0.05, 0.1) is 13.2 Å². The molecule has 0 fully saturated rings. The van der Waals surface area contributed by atoms with Crippen molar-refractivity contribution in [2.24, 2.45) is 0 Å². The molecule has 0 aliphatic rings. The van der Waals surface area contributed by atoms with Gasteiger partial charge in [-0.3, -0.25) is 0 Å². The molecule has 6 heteroatoms. The van der Waals surface area contributed by atoms with Gasteiger partial charge in [0.2, 0.25) is 0 Å². The quantitative estimate of drug-likeness (QED) is 0.438. The molecule has 0 aromatic carbocycles. The maximum atomic E-state index is 10.7. The Hall–Kier alpha value is -2.11. The topological polar surface area (TPSA) is 89.9 Å². The summed E-state index contributed by atoms with van der Waals surface area (Å²) in [5, 5.41) is 8.04. The number of hydrogen-bond acceptors (Lipinski definition) is 5. The van der Waals surface area contributed by atoms with E-state index in [-0.39, 0.29) is 12.6 Å². The molecule has 0 saturated heterocycles. The van der Waals surface area contributed by atoms with Crippen LogP contribution >= 0.6 is 0 Å². The third kappa shape index (κ3) is 15.9. The molecule has 0 bridgehead atoms. The molecule has 0 aromatic heterocycles. The zero-order valence-electron chi connectivity index (χ0n) is 12.2. The maximum Gasteiger partial charge on any atom is 0.333 e. The van der Waals surface area contributed by atoms with Gasteiger partial charge in [-0.25, -0.2) is 14.4 Å². The van der Waals surface area contributed by atoms with Crippen LogP contribution in [0.15, 0.2) is 24.3 Å². The smallest absolute Gasteiger partial charge is 0.333 e. The first kappa shape index (κ1) is 20.2. The van der Waals surface area contributed by atoms with Crippen molar-refractivity contribution in [3.05, 3.63) is 24.3 Å². The summed E-state index contributed by atoms with van der Waals surface area (Å²) in [4.78, 5) is 30.9. The van der Waals surface area contributed by atoms with Gasteiger partial charge in [-0.05, 0) is 20.3 Å². The maximum absolute atomic E-state index is 10.7. The molecule has 0 unspecified atom stereocenters. The Morgan fingerprint density at radius 2 is 1.75 bits per heavy atom. The third-order valence-corrected chi connectivity index (χ3v) is 1.73. The molecule has 0 radical (unpaired) electrons. The van der Waals surface area contributed by atoms with E-state index in [1.165, 1.54) is 0 Å². The van der Waals surface area contributed by atoms with Crippen molar-refractivity contribution in [1.29, 1.82) is 0 Å². The molecule has 0 aliphatic heterocycles. The summed E-state index contributed by atoms with van der Waals surface area (Å²) in [6.07, 6.45) is 3.58. The van der Waals surface area contributed by atoms with Crippen molar-refractivity contribution >= 4 is 17.9 Å². The van der Waals surface area contributed by atoms with Crippen molar-refractivity contribution in [2.75, 3.05) is 13.2 Å². The predicted molar refractivity (Wildman–Crippen MR) is 74.1 cm³/mol. The highest BCUT2D eigenvalue weighted by Gasteiger charge is 2.00. The van der Waals surface area contributed by atoms with Crippen molar-refractivity contribution < 1.29 is 29.0 Å². The van der Waals surface area contributed by atoms with E-state index in [2.05, 4.69) is 18.2 Å². The number of ether oxygens (including phenoxy) is 2. The summed E-state index contributed by atoms with van der Waals surface area (Å²) in [5.41, 5.74) is 0.469. The lowest BCUT2D eigenvalue weighted by Gasteiger charge is -2.01. The first-order valence-electron chi connectivity index (χ1n) is 6.25. The lowest BCUT2D eigenvalue weighted by molar-refractivity contribution is -0.139. The molecule has 6 nitrogen and oxygen atoms in total. The van der Waals surface area contributed by atoms with Gasteiger partial charge in [0.25, 0.3) is 0 Å². The molecular formula is C14H22O6. The largest absolute Gasteiger partial charge is 0.478 e. The second kappa shape index (κ2) is 13.3. The van der Waals surface area contributed by atoms with Crippen LogP contribution < -0.4 is 0 Å². The monoisotopic (exact) mass is 286 g/mol. The number of carbonyl (C=O) groups excluding carboxylic acids is 2. The van der Waals surface area contributed by atoms with Gasteiger partial charge in [-0.15, -0.1) is 0 Å². The summed E-state index contributed by atoms with van der Waals surface area (Å²) in [6, 6.07) is 0. The fourth-order valence-corrected chi connectivity index (χ4v) is 0.762. The Balaban J connectivity index is 0. The van der Waals surface area contributed by atoms with Gasteiger partial charge < -0.3 is 14.6 Å². The van der Waals surface area contributed by atoms with Crippen LogP contribution in [0.1, 0.15) is 33.6 Å². The number of carboxylic acid groups (broad SMARTS) is 1. The molecule has 1 N–H and O–H groups in total. The predicted octanol–water partition coefficient (Wildman–Crippen LogP) is 2.10. The van der Waals surface area contributed by atoms with Crippen molar-refractivity contribution in [1.82, 2.24) is 0 Å². The lowest BCUT2D eigenvalue weighted by atomic mass is 10.3. The van der Waals surface area contributed by atoms with Crippen molar-refractivity contribution in [3.8, 4) is 0 Å². The highest BCUT2D eigenvalue weighted by atomic mass is 16.5. The second-order valence-electron chi connectivity index (χ2n) is 3.69. The highest BCUT2D eigenvalue weighted by Crippen LogP contribution is 1.94. The normalized spacial score (nSPS) is 9.35. The van der Waals surface area contributed by atoms with E-state index in [1.807, 2.05) is 0 Å². The molecule has 0 aliphatic carbocycles. The number of aliphatic carboxylic acids is 1. The standard InChI is InChI=1S/C8H14O2.C6H8O4/c1-4-5-6-10-8(9)7(2)3;1-2-10-6(9)4-3-5(7)8/h2,4-6H2,1,3H3;3-4H,2H2,1H3,(H,7,8)/b;4-3-. The number of carbonyl (C=O) groups is 3. The molecule has 0 spiro atoms. The molecule has 20 heavy (non-hydrogen) atoms. The number of rotatable bonds is 7. The second-order valence-corrected chi connectivity index (χ2v) is 3.69. The minimum Gasteiger partial charge on any atom is -0.478 e. The first-order chi connectivity index (χ1) is 9.34. The van der Waals surface area contributed by atoms with Crippen LogP contribution in [0.5, 0.6) is 0 Å². The van der Waals surface area contributed by atoms with E-state index in [4.69, 9.17) is 9.84 Å². The Labute approximate surface area is 119 Å². The number of esters is 2. The highest BCUT2D eigenvalue weighted by molar-refractivity contribution is 5.90. The fraction of sp³-hybridized carbons (Fsp3) is 0.500. The third-order valence-electron chi connectivity index (χ3n) is 1.73. The van der Waals surface area contributed by atoms with Gasteiger partial charge in [0.1, 0.15) is 0 Å². The fourth-order valence-electron chi connectivity index (χ4n) is 0.762. The Bertz CT molecular complexity index is 357. The van der Waals surface area contributed by atoms with Crippen LogP contribution in [0, 0.1) is 0 Å². The zero-order chi connectivity index (χ0) is 16.0. The van der Waals surface area contributed by atoms with E-state index in [0.29, 0.717) is 12.2 Å². The Morgan fingerprint density at radius 3 is 2.15 bits per heavy atom. The van der Waals surface area contributed by atoms with E-state index in [1.54, 1.807) is 13.8 Å². The minimum atomic E-state index is -1.16. The molecule has 0 rings (SSSR count). The van der Waals surface area contributed by atoms with E-state index < -0.39 is 11.9 Å². The van der Waals surface area contributed by atoms with Gasteiger partial charge in [0.15, 0.2) is 0 Å².